The van der Waals surface area contributed by atoms with Gasteiger partial charge in [-0.25, -0.2) is 9.97 Å². The average Bonchev–Trinajstić information content (AvgIpc) is 3.73. The molecule has 0 fully saturated rings. The molecule has 326 valence electrons. The van der Waals surface area contributed by atoms with Crippen LogP contribution in [0.5, 0.6) is 0 Å². The number of aromatic nitrogens is 3. The van der Waals surface area contributed by atoms with Gasteiger partial charge in [-0.1, -0.05) is 146 Å². The molecule has 9 aromatic carbocycles. The molecule has 0 aliphatic carbocycles. The first-order chi connectivity index (χ1) is 33.5. The first kappa shape index (κ1) is 42.7. The molecule has 0 bridgehead atoms. The summed E-state index contributed by atoms with van der Waals surface area (Å²) in [5.41, 5.74) is 14.6. The van der Waals surface area contributed by atoms with Gasteiger partial charge in [-0.2, -0.15) is 0 Å². The van der Waals surface area contributed by atoms with Crippen molar-refractivity contribution in [2.45, 2.75) is 6.92 Å². The fourth-order valence-electron chi connectivity index (χ4n) is 8.79. The molecule has 7 heteroatoms. The van der Waals surface area contributed by atoms with Crippen molar-refractivity contribution in [2.24, 2.45) is 0 Å². The van der Waals surface area contributed by atoms with Crippen LogP contribution in [0.4, 0.5) is 22.7 Å². The lowest BCUT2D eigenvalue weighted by Gasteiger charge is -2.15. The summed E-state index contributed by atoms with van der Waals surface area (Å²) in [5, 5.41) is 28.8. The van der Waals surface area contributed by atoms with Crippen molar-refractivity contribution in [3.05, 3.63) is 236 Å². The average molecular weight is 878 g/mol. The van der Waals surface area contributed by atoms with Crippen LogP contribution in [-0.2, 0) is 0 Å². The molecular formula is C61H47N7. The summed E-state index contributed by atoms with van der Waals surface area (Å²) in [5.74, 6) is 0.619. The molecule has 0 spiro atoms. The van der Waals surface area contributed by atoms with Crippen LogP contribution >= 0.6 is 0 Å². The van der Waals surface area contributed by atoms with Crippen molar-refractivity contribution in [3.8, 4) is 50.7 Å². The van der Waals surface area contributed by atoms with E-state index < -0.39 is 0 Å². The van der Waals surface area contributed by atoms with Gasteiger partial charge in [0.15, 0.2) is 5.82 Å². The van der Waals surface area contributed by atoms with E-state index in [9.17, 15) is 0 Å². The topological polar surface area (TPSA) is 102 Å². The van der Waals surface area contributed by atoms with E-state index in [1.165, 1.54) is 17.8 Å². The summed E-state index contributed by atoms with van der Waals surface area (Å²) < 4.78 is 2.26. The highest BCUT2D eigenvalue weighted by Gasteiger charge is 2.20. The summed E-state index contributed by atoms with van der Waals surface area (Å²) >= 11 is 0. The molecule has 0 aliphatic rings. The Morgan fingerprint density at radius 1 is 0.471 bits per heavy atom. The molecule has 0 unspecified atom stereocenters. The summed E-state index contributed by atoms with van der Waals surface area (Å²) in [6, 6.07) is 72.6. The first-order valence-electron chi connectivity index (χ1n) is 22.5. The number of fused-ring (bicyclic) bond motifs is 4. The van der Waals surface area contributed by atoms with Crippen molar-refractivity contribution < 1.29 is 0 Å². The molecule has 11 aromatic rings. The number of para-hydroxylation sites is 1. The predicted octanol–water partition coefficient (Wildman–Crippen LogP) is 16.1. The normalized spacial score (nSPS) is 10.9. The molecule has 0 radical (unpaired) electrons. The van der Waals surface area contributed by atoms with Gasteiger partial charge in [0.25, 0.3) is 0 Å². The largest absolute Gasteiger partial charge is 0.355 e. The number of hydrogen-bond donors (Lipinski definition) is 4. The molecule has 2 aromatic heterocycles. The van der Waals surface area contributed by atoms with Gasteiger partial charge in [-0.05, 0) is 102 Å². The Hall–Kier alpha value is -9.20. The number of benzene rings is 9. The van der Waals surface area contributed by atoms with Crippen LogP contribution in [-0.4, -0.2) is 27.0 Å². The summed E-state index contributed by atoms with van der Waals surface area (Å²) in [6.07, 6.45) is 4.61. The van der Waals surface area contributed by atoms with Gasteiger partial charge < -0.3 is 26.0 Å². The van der Waals surface area contributed by atoms with Crippen LogP contribution in [0.2, 0.25) is 0 Å². The standard InChI is InChI=1S/C58H41N7.C3H6/c59-36-45-31-42(24-28-52(45)61-46-20-8-3-9-21-46)43-25-30-56-50(34-43)49-27-29-53(62-47-26-23-38-13-10-11-18-41(38)32-47)51(37-60)57(49)65(56)48-22-12-19-44(33-48)58-63-54(39-14-4-1-5-15-39)35-55(64-58)40-16-6-2-7-17-40;1-3-2/h1-37,59-62H;3H,1H2,2H3. The maximum atomic E-state index is 8.98. The van der Waals surface area contributed by atoms with E-state index in [1.807, 2.05) is 79.7 Å². The van der Waals surface area contributed by atoms with Gasteiger partial charge in [-0.3, -0.25) is 0 Å². The maximum Gasteiger partial charge on any atom is 0.160 e. The fourth-order valence-corrected chi connectivity index (χ4v) is 8.79. The number of nitrogens with one attached hydrogen (secondary N) is 4. The van der Waals surface area contributed by atoms with Gasteiger partial charge in [0.05, 0.1) is 22.4 Å². The van der Waals surface area contributed by atoms with E-state index in [2.05, 4.69) is 161 Å². The van der Waals surface area contributed by atoms with Crippen LogP contribution in [0.25, 0.3) is 83.3 Å². The Morgan fingerprint density at radius 2 is 1.07 bits per heavy atom. The zero-order valence-electron chi connectivity index (χ0n) is 37.5. The molecule has 0 saturated heterocycles. The third-order valence-electron chi connectivity index (χ3n) is 12.0. The van der Waals surface area contributed by atoms with E-state index in [1.54, 1.807) is 6.08 Å². The molecule has 2 heterocycles. The molecular weight excluding hydrogens is 831 g/mol. The van der Waals surface area contributed by atoms with E-state index in [4.69, 9.17) is 20.8 Å². The summed E-state index contributed by atoms with van der Waals surface area (Å²) in [7, 11) is 0. The van der Waals surface area contributed by atoms with E-state index in [0.29, 0.717) is 5.82 Å². The maximum absolute atomic E-state index is 8.98. The third-order valence-corrected chi connectivity index (χ3v) is 12.0. The zero-order chi connectivity index (χ0) is 46.4. The highest BCUT2D eigenvalue weighted by Crippen LogP contribution is 2.40. The molecule has 0 atom stereocenters. The lowest BCUT2D eigenvalue weighted by atomic mass is 9.99. The van der Waals surface area contributed by atoms with Gasteiger partial charge in [0.2, 0.25) is 0 Å². The molecule has 0 aliphatic heterocycles. The lowest BCUT2D eigenvalue weighted by molar-refractivity contribution is 1.16. The van der Waals surface area contributed by atoms with Crippen molar-refractivity contribution in [3.63, 3.8) is 0 Å². The molecule has 0 saturated carbocycles. The van der Waals surface area contributed by atoms with Crippen LogP contribution in [0.1, 0.15) is 18.1 Å². The minimum Gasteiger partial charge on any atom is -0.355 e. The summed E-state index contributed by atoms with van der Waals surface area (Å²) in [6.45, 7) is 5.25. The Balaban J connectivity index is 0.00000175. The number of rotatable bonds is 11. The number of anilines is 4. The summed E-state index contributed by atoms with van der Waals surface area (Å²) in [4.78, 5) is 10.3. The second-order valence-electron chi connectivity index (χ2n) is 16.4. The second kappa shape index (κ2) is 19.1. The molecule has 0 amide bonds. The van der Waals surface area contributed by atoms with Gasteiger partial charge in [0, 0.05) is 79.5 Å². The zero-order valence-corrected chi connectivity index (χ0v) is 37.5. The Morgan fingerprint density at radius 3 is 1.76 bits per heavy atom. The lowest BCUT2D eigenvalue weighted by Crippen LogP contribution is -2.01. The van der Waals surface area contributed by atoms with Crippen LogP contribution in [0, 0.1) is 10.8 Å². The molecule has 11 rings (SSSR count). The van der Waals surface area contributed by atoms with E-state index >= 15 is 0 Å². The van der Waals surface area contributed by atoms with Gasteiger partial charge in [-0.15, -0.1) is 6.58 Å². The second-order valence-corrected chi connectivity index (χ2v) is 16.4. The van der Waals surface area contributed by atoms with Gasteiger partial charge >= 0.3 is 0 Å². The number of hydrogen-bond acceptors (Lipinski definition) is 6. The van der Waals surface area contributed by atoms with Crippen LogP contribution < -0.4 is 10.6 Å². The minimum absolute atomic E-state index is 0.619. The van der Waals surface area contributed by atoms with Crippen molar-refractivity contribution >= 4 is 67.8 Å². The minimum atomic E-state index is 0.619. The molecule has 4 N–H and O–H groups in total. The smallest absolute Gasteiger partial charge is 0.160 e. The Bertz CT molecular complexity index is 3580. The van der Waals surface area contributed by atoms with E-state index in [-0.39, 0.29) is 0 Å². The molecule has 68 heavy (non-hydrogen) atoms. The number of allylic oxidation sites excluding steroid dienone is 1. The van der Waals surface area contributed by atoms with Gasteiger partial charge in [0.1, 0.15) is 0 Å². The van der Waals surface area contributed by atoms with Crippen molar-refractivity contribution in [1.29, 1.82) is 10.8 Å². The Kier molecular flexibility index (Phi) is 12.0. The van der Waals surface area contributed by atoms with Crippen molar-refractivity contribution in [1.82, 2.24) is 14.5 Å². The van der Waals surface area contributed by atoms with E-state index in [0.717, 1.165) is 106 Å². The molecule has 7 nitrogen and oxygen atoms in total. The Labute approximate surface area is 395 Å². The SMILES string of the molecule is C=CC.N=Cc1cc(-c2ccc3c(c2)c2ccc(Nc4ccc5ccccc5c4)c(C=N)c2n3-c2cccc(-c3nc(-c4ccccc4)cc(-c4ccccc4)n3)c2)ccc1Nc1ccccc1. The predicted molar refractivity (Wildman–Crippen MR) is 287 cm³/mol. The highest BCUT2D eigenvalue weighted by atomic mass is 15.0. The third kappa shape index (κ3) is 8.55. The van der Waals surface area contributed by atoms with Crippen LogP contribution in [0.15, 0.2) is 225 Å². The highest BCUT2D eigenvalue weighted by molar-refractivity contribution is 6.17. The quantitative estimate of drug-likeness (QED) is 0.0768. The first-order valence-corrected chi connectivity index (χ1v) is 22.5. The monoisotopic (exact) mass is 877 g/mol. The van der Waals surface area contributed by atoms with Crippen LogP contribution in [0.3, 0.4) is 0 Å². The number of nitrogens with zero attached hydrogens (tertiary/aromatic N) is 3. The van der Waals surface area contributed by atoms with Crippen molar-refractivity contribution in [2.75, 3.05) is 10.6 Å². The fraction of sp³-hybridized carbons (Fsp3) is 0.0164.